The van der Waals surface area contributed by atoms with E-state index in [0.717, 1.165) is 18.4 Å². The van der Waals surface area contributed by atoms with Crippen molar-refractivity contribution in [2.75, 3.05) is 6.54 Å². The highest BCUT2D eigenvalue weighted by Crippen LogP contribution is 2.30. The number of carbonyl (C=O) groups is 1. The molecular weight excluding hydrogens is 404 g/mol. The molecule has 1 N–H and O–H groups in total. The first kappa shape index (κ1) is 18.9. The van der Waals surface area contributed by atoms with Crippen molar-refractivity contribution in [2.24, 2.45) is 0 Å². The van der Waals surface area contributed by atoms with Crippen LogP contribution in [0.3, 0.4) is 0 Å². The third kappa shape index (κ3) is 3.62. The molecule has 8 heteroatoms. The molecule has 1 unspecified atom stereocenters. The zero-order valence-corrected chi connectivity index (χ0v) is 16.2. The lowest BCUT2D eigenvalue weighted by Crippen LogP contribution is -2.37. The number of halogens is 3. The fourth-order valence-electron chi connectivity index (χ4n) is 3.53. The highest BCUT2D eigenvalue weighted by molar-refractivity contribution is 6.42. The zero-order valence-electron chi connectivity index (χ0n) is 14.7. The van der Waals surface area contributed by atoms with Crippen LogP contribution >= 0.6 is 23.2 Å². The van der Waals surface area contributed by atoms with Gasteiger partial charge in [0.15, 0.2) is 5.69 Å². The monoisotopic (exact) mass is 419 g/mol. The molecule has 2 aromatic carbocycles. The van der Waals surface area contributed by atoms with Gasteiger partial charge in [0.1, 0.15) is 5.82 Å². The summed E-state index contributed by atoms with van der Waals surface area (Å²) in [6.07, 6.45) is 2.28. The van der Waals surface area contributed by atoms with Crippen LogP contribution in [0.25, 0.3) is 11.0 Å². The molecule has 0 aliphatic carbocycles. The van der Waals surface area contributed by atoms with E-state index in [1.165, 1.54) is 24.3 Å². The number of hydrogen-bond donors (Lipinski definition) is 1. The first-order valence-electron chi connectivity index (χ1n) is 8.83. The number of benzene rings is 2. The van der Waals surface area contributed by atoms with Crippen molar-refractivity contribution in [3.05, 3.63) is 63.5 Å². The van der Waals surface area contributed by atoms with Crippen molar-refractivity contribution in [2.45, 2.75) is 25.3 Å². The lowest BCUT2D eigenvalue weighted by Gasteiger charge is -2.24. The Morgan fingerprint density at radius 3 is 2.46 bits per heavy atom. The molecule has 1 fully saturated rings. The molecule has 0 bridgehead atoms. The van der Waals surface area contributed by atoms with Gasteiger partial charge in [-0.2, -0.15) is 0 Å². The van der Waals surface area contributed by atoms with Crippen LogP contribution in [0.4, 0.5) is 4.39 Å². The quantitative estimate of drug-likeness (QED) is 0.671. The van der Waals surface area contributed by atoms with E-state index < -0.39 is 5.88 Å². The Morgan fingerprint density at radius 2 is 1.79 bits per heavy atom. The predicted molar refractivity (Wildman–Crippen MR) is 105 cm³/mol. The smallest absolute Gasteiger partial charge is 0.278 e. The van der Waals surface area contributed by atoms with Gasteiger partial charge in [-0.25, -0.2) is 14.4 Å². The summed E-state index contributed by atoms with van der Waals surface area (Å²) in [6, 6.07) is 9.21. The molecule has 0 spiro atoms. The first-order valence-corrected chi connectivity index (χ1v) is 9.59. The van der Waals surface area contributed by atoms with Gasteiger partial charge in [-0.15, -0.1) is 0 Å². The summed E-state index contributed by atoms with van der Waals surface area (Å²) in [5.74, 6) is -1.12. The van der Waals surface area contributed by atoms with Gasteiger partial charge >= 0.3 is 0 Å². The third-order valence-electron chi connectivity index (χ3n) is 4.91. The van der Waals surface area contributed by atoms with Crippen LogP contribution in [0, 0.1) is 5.82 Å². The van der Waals surface area contributed by atoms with Gasteiger partial charge in [-0.05, 0) is 49.1 Å². The van der Waals surface area contributed by atoms with E-state index in [9.17, 15) is 14.3 Å². The highest BCUT2D eigenvalue weighted by atomic mass is 35.5. The largest absolute Gasteiger partial charge is 0.492 e. The molecule has 1 amide bonds. The van der Waals surface area contributed by atoms with Gasteiger partial charge in [0, 0.05) is 12.6 Å². The maximum Gasteiger partial charge on any atom is 0.278 e. The molecule has 3 aromatic rings. The number of hydrogen-bond acceptors (Lipinski definition) is 4. The highest BCUT2D eigenvalue weighted by Gasteiger charge is 2.32. The minimum atomic E-state index is -0.441. The molecule has 5 nitrogen and oxygen atoms in total. The Morgan fingerprint density at radius 1 is 1.14 bits per heavy atom. The molecule has 1 atom stereocenters. The summed E-state index contributed by atoms with van der Waals surface area (Å²) < 4.78 is 13.1. The Balaban J connectivity index is 1.63. The molecule has 144 valence electrons. The number of aromatic nitrogens is 2. The van der Waals surface area contributed by atoms with E-state index in [2.05, 4.69) is 9.97 Å². The second-order valence-corrected chi connectivity index (χ2v) is 7.59. The van der Waals surface area contributed by atoms with E-state index in [1.807, 2.05) is 0 Å². The van der Waals surface area contributed by atoms with Crippen LogP contribution in [0.2, 0.25) is 10.0 Å². The number of rotatable bonds is 3. The minimum absolute atomic E-state index is 0.0522. The van der Waals surface area contributed by atoms with E-state index >= 15 is 0 Å². The molecule has 2 heterocycles. The normalized spacial score (nSPS) is 16.7. The minimum Gasteiger partial charge on any atom is -0.492 e. The SMILES string of the molecule is O=C(c1nc2cc(Cl)c(Cl)cc2nc1O)N1CCCC1Cc1ccc(F)cc1. The van der Waals surface area contributed by atoms with E-state index in [0.29, 0.717) is 34.0 Å². The summed E-state index contributed by atoms with van der Waals surface area (Å²) in [5, 5.41) is 10.9. The summed E-state index contributed by atoms with van der Waals surface area (Å²) in [4.78, 5) is 23.1. The first-order chi connectivity index (χ1) is 13.4. The van der Waals surface area contributed by atoms with E-state index in [-0.39, 0.29) is 23.5 Å². The molecule has 1 saturated heterocycles. The van der Waals surface area contributed by atoms with Gasteiger partial charge < -0.3 is 10.0 Å². The average molecular weight is 420 g/mol. The summed E-state index contributed by atoms with van der Waals surface area (Å²) in [5.41, 5.74) is 1.57. The number of amides is 1. The van der Waals surface area contributed by atoms with Crippen LogP contribution < -0.4 is 0 Å². The molecule has 0 saturated carbocycles. The van der Waals surface area contributed by atoms with E-state index in [1.54, 1.807) is 17.0 Å². The number of nitrogens with zero attached hydrogens (tertiary/aromatic N) is 3. The number of aromatic hydroxyl groups is 1. The van der Waals surface area contributed by atoms with Crippen molar-refractivity contribution < 1.29 is 14.3 Å². The van der Waals surface area contributed by atoms with Crippen LogP contribution in [0.1, 0.15) is 28.9 Å². The fraction of sp³-hybridized carbons (Fsp3) is 0.250. The van der Waals surface area contributed by atoms with Crippen molar-refractivity contribution in [1.82, 2.24) is 14.9 Å². The van der Waals surface area contributed by atoms with Gasteiger partial charge in [0.25, 0.3) is 5.91 Å². The Hall–Kier alpha value is -2.44. The maximum absolute atomic E-state index is 13.1. The maximum atomic E-state index is 13.1. The second-order valence-electron chi connectivity index (χ2n) is 6.78. The zero-order chi connectivity index (χ0) is 19.8. The third-order valence-corrected chi connectivity index (χ3v) is 5.64. The van der Waals surface area contributed by atoms with Gasteiger partial charge in [-0.3, -0.25) is 4.79 Å². The number of likely N-dealkylation sites (tertiary alicyclic amines) is 1. The molecule has 0 radical (unpaired) electrons. The molecule has 1 aliphatic rings. The van der Waals surface area contributed by atoms with Crippen LogP contribution in [-0.4, -0.2) is 38.5 Å². The van der Waals surface area contributed by atoms with Gasteiger partial charge in [0.2, 0.25) is 5.88 Å². The predicted octanol–water partition coefficient (Wildman–Crippen LogP) is 4.63. The summed E-state index contributed by atoms with van der Waals surface area (Å²) in [6.45, 7) is 0.561. The fourth-order valence-corrected chi connectivity index (χ4v) is 3.85. The standard InChI is InChI=1S/C20H16Cl2FN3O2/c21-14-9-16-17(10-15(14)22)25-19(27)18(24-16)20(28)26-7-1-2-13(26)8-11-3-5-12(23)6-4-11/h3-6,9-10,13H,1-2,7-8H2,(H,25,27). The van der Waals surface area contributed by atoms with Crippen molar-refractivity contribution in [3.8, 4) is 5.88 Å². The Bertz CT molecular complexity index is 1060. The van der Waals surface area contributed by atoms with Crippen LogP contribution in [-0.2, 0) is 6.42 Å². The number of carbonyl (C=O) groups excluding carboxylic acids is 1. The lowest BCUT2D eigenvalue weighted by atomic mass is 10.0. The van der Waals surface area contributed by atoms with Gasteiger partial charge in [-0.1, -0.05) is 35.3 Å². The molecule has 1 aromatic heterocycles. The Kier molecular flexibility index (Phi) is 5.08. The summed E-state index contributed by atoms with van der Waals surface area (Å²) >= 11 is 12.0. The average Bonchev–Trinajstić information content (AvgIpc) is 3.12. The molecule has 4 rings (SSSR count). The van der Waals surface area contributed by atoms with Crippen LogP contribution in [0.5, 0.6) is 5.88 Å². The Labute approximate surface area is 170 Å². The van der Waals surface area contributed by atoms with E-state index in [4.69, 9.17) is 23.2 Å². The van der Waals surface area contributed by atoms with Crippen molar-refractivity contribution in [1.29, 1.82) is 0 Å². The topological polar surface area (TPSA) is 66.3 Å². The summed E-state index contributed by atoms with van der Waals surface area (Å²) in [7, 11) is 0. The van der Waals surface area contributed by atoms with Crippen LogP contribution in [0.15, 0.2) is 36.4 Å². The number of fused-ring (bicyclic) bond motifs is 1. The van der Waals surface area contributed by atoms with Gasteiger partial charge in [0.05, 0.1) is 21.1 Å². The molecule has 1 aliphatic heterocycles. The van der Waals surface area contributed by atoms with Crippen molar-refractivity contribution >= 4 is 40.1 Å². The second kappa shape index (κ2) is 7.53. The lowest BCUT2D eigenvalue weighted by molar-refractivity contribution is 0.0726. The molecule has 28 heavy (non-hydrogen) atoms. The molecular formula is C20H16Cl2FN3O2. The van der Waals surface area contributed by atoms with Crippen molar-refractivity contribution in [3.63, 3.8) is 0 Å².